The first-order chi connectivity index (χ1) is 18.6. The summed E-state index contributed by atoms with van der Waals surface area (Å²) in [4.78, 5) is 33.5. The lowest BCUT2D eigenvalue weighted by Crippen LogP contribution is -2.46. The fourth-order valence-corrected chi connectivity index (χ4v) is 4.43. The highest BCUT2D eigenvalue weighted by Gasteiger charge is 2.22. The maximum atomic E-state index is 13.6. The third-order valence-electron chi connectivity index (χ3n) is 6.69. The number of nitrogens with one attached hydrogen (secondary N) is 2. The number of H-pyrrole nitrogens is 1. The third-order valence-corrected chi connectivity index (χ3v) is 6.69. The van der Waals surface area contributed by atoms with E-state index in [1.807, 2.05) is 83.9 Å². The third kappa shape index (κ3) is 7.23. The Labute approximate surface area is 224 Å². The first-order valence-electron chi connectivity index (χ1n) is 13.1. The number of anilines is 1. The number of urea groups is 1. The molecular weight excluding hydrogens is 476 g/mol. The van der Waals surface area contributed by atoms with Gasteiger partial charge < -0.3 is 24.8 Å². The van der Waals surface area contributed by atoms with Crippen molar-refractivity contribution in [2.75, 3.05) is 38.7 Å². The van der Waals surface area contributed by atoms with Crippen molar-refractivity contribution in [2.45, 2.75) is 26.3 Å². The molecule has 3 amide bonds. The standard InChI is InChI=1S/C31H36N4O3/c1-3-24-13-15-27(16-14-24)33-31(37)35(19-20-38-2)23-30(36)34(22-25-9-5-4-6-10-25)18-17-26-21-32-29-12-8-7-11-28(26)29/h4-16,21,32H,3,17-20,22-23H2,1-2H3,(H,33,37). The smallest absolute Gasteiger partial charge is 0.322 e. The molecule has 198 valence electrons. The maximum Gasteiger partial charge on any atom is 0.322 e. The van der Waals surface area contributed by atoms with E-state index in [1.165, 1.54) is 10.5 Å². The van der Waals surface area contributed by atoms with Gasteiger partial charge in [0.2, 0.25) is 5.91 Å². The molecule has 4 rings (SSSR count). The molecule has 38 heavy (non-hydrogen) atoms. The fraction of sp³-hybridized carbons (Fsp3) is 0.290. The number of hydrogen-bond donors (Lipinski definition) is 2. The number of para-hydroxylation sites is 1. The van der Waals surface area contributed by atoms with Crippen LogP contribution in [0.15, 0.2) is 85.1 Å². The lowest BCUT2D eigenvalue weighted by atomic mass is 10.1. The number of fused-ring (bicyclic) bond motifs is 1. The average Bonchev–Trinajstić information content (AvgIpc) is 3.37. The summed E-state index contributed by atoms with van der Waals surface area (Å²) in [6, 6.07) is 25.5. The first kappa shape index (κ1) is 26.9. The summed E-state index contributed by atoms with van der Waals surface area (Å²) in [5, 5.41) is 4.09. The molecule has 0 fully saturated rings. The van der Waals surface area contributed by atoms with Gasteiger partial charge in [0.15, 0.2) is 0 Å². The van der Waals surface area contributed by atoms with Crippen LogP contribution >= 0.6 is 0 Å². The summed E-state index contributed by atoms with van der Waals surface area (Å²) in [6.07, 6.45) is 3.65. The van der Waals surface area contributed by atoms with Gasteiger partial charge in [-0.3, -0.25) is 4.79 Å². The Morgan fingerprint density at radius 3 is 2.34 bits per heavy atom. The number of ether oxygens (including phenoxy) is 1. The van der Waals surface area contributed by atoms with Crippen LogP contribution < -0.4 is 5.32 Å². The number of amides is 3. The van der Waals surface area contributed by atoms with Gasteiger partial charge in [0.1, 0.15) is 6.54 Å². The van der Waals surface area contributed by atoms with Crippen LogP contribution in [-0.4, -0.2) is 60.1 Å². The second-order valence-electron chi connectivity index (χ2n) is 9.31. The molecule has 0 spiro atoms. The van der Waals surface area contributed by atoms with E-state index in [-0.39, 0.29) is 18.5 Å². The fourth-order valence-electron chi connectivity index (χ4n) is 4.43. The van der Waals surface area contributed by atoms with E-state index in [1.54, 1.807) is 7.11 Å². The molecule has 3 aromatic carbocycles. The van der Waals surface area contributed by atoms with Gasteiger partial charge in [0, 0.05) is 49.5 Å². The van der Waals surface area contributed by atoms with Gasteiger partial charge in [-0.15, -0.1) is 0 Å². The Morgan fingerprint density at radius 2 is 1.61 bits per heavy atom. The molecule has 0 aliphatic carbocycles. The summed E-state index contributed by atoms with van der Waals surface area (Å²) in [5.74, 6) is -0.110. The van der Waals surface area contributed by atoms with E-state index < -0.39 is 0 Å². The van der Waals surface area contributed by atoms with E-state index in [9.17, 15) is 9.59 Å². The van der Waals surface area contributed by atoms with E-state index in [0.717, 1.165) is 28.5 Å². The minimum atomic E-state index is -0.323. The van der Waals surface area contributed by atoms with Crippen LogP contribution in [0, 0.1) is 0 Å². The number of aryl methyl sites for hydroxylation is 1. The second-order valence-corrected chi connectivity index (χ2v) is 9.31. The molecule has 0 atom stereocenters. The molecule has 0 radical (unpaired) electrons. The van der Waals surface area contributed by atoms with Gasteiger partial charge in [-0.1, -0.05) is 67.6 Å². The number of nitrogens with zero attached hydrogens (tertiary/aromatic N) is 2. The predicted molar refractivity (Wildman–Crippen MR) is 152 cm³/mol. The number of benzene rings is 3. The van der Waals surface area contributed by atoms with Crippen LogP contribution in [0.25, 0.3) is 10.9 Å². The van der Waals surface area contributed by atoms with E-state index in [2.05, 4.69) is 23.3 Å². The minimum absolute atomic E-state index is 0.0387. The zero-order valence-corrected chi connectivity index (χ0v) is 22.2. The average molecular weight is 513 g/mol. The Bertz CT molecular complexity index is 1320. The molecule has 4 aromatic rings. The lowest BCUT2D eigenvalue weighted by Gasteiger charge is -2.28. The number of carbonyl (C=O) groups is 2. The molecular formula is C31H36N4O3. The molecule has 7 nitrogen and oxygen atoms in total. The van der Waals surface area contributed by atoms with Crippen LogP contribution in [0.4, 0.5) is 10.5 Å². The molecule has 0 aliphatic rings. The normalized spacial score (nSPS) is 10.9. The van der Waals surface area contributed by atoms with Crippen molar-refractivity contribution in [3.8, 4) is 0 Å². The molecule has 0 aliphatic heterocycles. The molecule has 0 bridgehead atoms. The van der Waals surface area contributed by atoms with Gasteiger partial charge in [-0.2, -0.15) is 0 Å². The van der Waals surface area contributed by atoms with Gasteiger partial charge in [0.25, 0.3) is 0 Å². The Morgan fingerprint density at radius 1 is 0.868 bits per heavy atom. The van der Waals surface area contributed by atoms with E-state index >= 15 is 0 Å². The van der Waals surface area contributed by atoms with E-state index in [4.69, 9.17) is 4.74 Å². The Balaban J connectivity index is 1.48. The number of carbonyl (C=O) groups excluding carboxylic acids is 2. The number of aromatic nitrogens is 1. The van der Waals surface area contributed by atoms with Crippen molar-refractivity contribution in [1.29, 1.82) is 0 Å². The molecule has 0 saturated heterocycles. The largest absolute Gasteiger partial charge is 0.383 e. The monoisotopic (exact) mass is 512 g/mol. The lowest BCUT2D eigenvalue weighted by molar-refractivity contribution is -0.132. The Kier molecular flexibility index (Phi) is 9.54. The second kappa shape index (κ2) is 13.4. The summed E-state index contributed by atoms with van der Waals surface area (Å²) in [7, 11) is 1.59. The van der Waals surface area contributed by atoms with Crippen LogP contribution in [0.1, 0.15) is 23.6 Å². The number of methoxy groups -OCH3 is 1. The summed E-state index contributed by atoms with van der Waals surface area (Å²) >= 11 is 0. The van der Waals surface area contributed by atoms with Crippen LogP contribution in [0.2, 0.25) is 0 Å². The van der Waals surface area contributed by atoms with Gasteiger partial charge in [-0.05, 0) is 47.7 Å². The number of hydrogen-bond acceptors (Lipinski definition) is 3. The quantitative estimate of drug-likeness (QED) is 0.264. The molecule has 7 heteroatoms. The summed E-state index contributed by atoms with van der Waals surface area (Å²) < 4.78 is 5.23. The zero-order chi connectivity index (χ0) is 26.7. The molecule has 1 aromatic heterocycles. The van der Waals surface area contributed by atoms with Gasteiger partial charge in [0.05, 0.1) is 6.61 Å². The molecule has 0 unspecified atom stereocenters. The van der Waals surface area contributed by atoms with Crippen molar-refractivity contribution in [1.82, 2.24) is 14.8 Å². The molecule has 2 N–H and O–H groups in total. The van der Waals surface area contributed by atoms with Gasteiger partial charge >= 0.3 is 6.03 Å². The first-order valence-corrected chi connectivity index (χ1v) is 13.1. The van der Waals surface area contributed by atoms with Crippen LogP contribution in [-0.2, 0) is 28.9 Å². The summed E-state index contributed by atoms with van der Waals surface area (Å²) in [6.45, 7) is 3.70. The SMILES string of the molecule is CCc1ccc(NC(=O)N(CCOC)CC(=O)N(CCc2c[nH]c3ccccc23)Cc2ccccc2)cc1. The highest BCUT2D eigenvalue weighted by Crippen LogP contribution is 2.19. The predicted octanol–water partition coefficient (Wildman–Crippen LogP) is 5.48. The molecule has 1 heterocycles. The maximum absolute atomic E-state index is 13.6. The van der Waals surface area contributed by atoms with E-state index in [0.29, 0.717) is 38.3 Å². The van der Waals surface area contributed by atoms with Crippen molar-refractivity contribution in [3.05, 3.63) is 102 Å². The van der Waals surface area contributed by atoms with Crippen molar-refractivity contribution >= 4 is 28.5 Å². The highest BCUT2D eigenvalue weighted by molar-refractivity contribution is 5.92. The van der Waals surface area contributed by atoms with Crippen molar-refractivity contribution < 1.29 is 14.3 Å². The molecule has 0 saturated carbocycles. The number of aromatic amines is 1. The van der Waals surface area contributed by atoms with Gasteiger partial charge in [-0.25, -0.2) is 4.79 Å². The van der Waals surface area contributed by atoms with Crippen molar-refractivity contribution in [2.24, 2.45) is 0 Å². The zero-order valence-electron chi connectivity index (χ0n) is 22.2. The van der Waals surface area contributed by atoms with Crippen LogP contribution in [0.5, 0.6) is 0 Å². The van der Waals surface area contributed by atoms with Crippen LogP contribution in [0.3, 0.4) is 0 Å². The summed E-state index contributed by atoms with van der Waals surface area (Å²) in [5.41, 5.74) is 5.18. The number of rotatable bonds is 12. The Hall–Kier alpha value is -4.10. The topological polar surface area (TPSA) is 77.7 Å². The highest BCUT2D eigenvalue weighted by atomic mass is 16.5. The minimum Gasteiger partial charge on any atom is -0.383 e. The van der Waals surface area contributed by atoms with Crippen molar-refractivity contribution in [3.63, 3.8) is 0 Å².